The molecule has 8 heteroatoms. The molecule has 2 N–H and O–H groups in total. The number of carboxylic acids is 1. The second-order valence-corrected chi connectivity index (χ2v) is 8.72. The molecule has 0 aliphatic rings. The van der Waals surface area contributed by atoms with E-state index in [2.05, 4.69) is 11.4 Å². The Kier molecular flexibility index (Phi) is 8.00. The minimum absolute atomic E-state index is 0.215. The van der Waals surface area contributed by atoms with Crippen LogP contribution in [-0.4, -0.2) is 36.2 Å². The summed E-state index contributed by atoms with van der Waals surface area (Å²) in [5, 5.41) is 22.1. The van der Waals surface area contributed by atoms with Crippen molar-refractivity contribution in [1.82, 2.24) is 5.32 Å². The van der Waals surface area contributed by atoms with E-state index in [4.69, 9.17) is 21.1 Å². The number of halogens is 1. The second kappa shape index (κ2) is 10.9. The predicted molar refractivity (Wildman–Crippen MR) is 133 cm³/mol. The van der Waals surface area contributed by atoms with E-state index in [1.807, 2.05) is 24.3 Å². The van der Waals surface area contributed by atoms with E-state index in [-0.39, 0.29) is 17.2 Å². The van der Waals surface area contributed by atoms with Crippen LogP contribution in [0.5, 0.6) is 11.5 Å². The molecule has 0 bridgehead atoms. The lowest BCUT2D eigenvalue weighted by molar-refractivity contribution is -0.152. The average Bonchev–Trinajstić information content (AvgIpc) is 2.84. The van der Waals surface area contributed by atoms with Gasteiger partial charge in [-0.1, -0.05) is 41.9 Å². The van der Waals surface area contributed by atoms with Crippen LogP contribution in [0.2, 0.25) is 5.02 Å². The van der Waals surface area contributed by atoms with E-state index < -0.39 is 11.6 Å². The smallest absolute Gasteiger partial charge is 0.347 e. The third-order valence-electron chi connectivity index (χ3n) is 5.37. The van der Waals surface area contributed by atoms with Gasteiger partial charge in [-0.2, -0.15) is 5.26 Å². The van der Waals surface area contributed by atoms with Gasteiger partial charge < -0.3 is 19.9 Å². The number of ether oxygens (including phenoxy) is 2. The van der Waals surface area contributed by atoms with Crippen molar-refractivity contribution in [2.45, 2.75) is 25.9 Å². The number of carboxylic acid groups (broad SMARTS) is 1. The summed E-state index contributed by atoms with van der Waals surface area (Å²) >= 11 is 6.00. The van der Waals surface area contributed by atoms with Crippen molar-refractivity contribution in [3.8, 4) is 28.7 Å². The molecule has 180 valence electrons. The molecule has 0 aliphatic heterocycles. The maximum Gasteiger partial charge on any atom is 0.347 e. The predicted octanol–water partition coefficient (Wildman–Crippen LogP) is 5.10. The van der Waals surface area contributed by atoms with Crippen molar-refractivity contribution in [2.75, 3.05) is 13.7 Å². The van der Waals surface area contributed by atoms with Crippen molar-refractivity contribution < 1.29 is 24.2 Å². The largest absolute Gasteiger partial charge is 0.496 e. The third-order valence-corrected chi connectivity index (χ3v) is 5.61. The molecule has 0 heterocycles. The number of nitriles is 1. The van der Waals surface area contributed by atoms with Gasteiger partial charge in [-0.05, 0) is 67.3 Å². The molecule has 0 radical (unpaired) electrons. The Bertz CT molecular complexity index is 1280. The molecule has 0 unspecified atom stereocenters. The summed E-state index contributed by atoms with van der Waals surface area (Å²) in [7, 11) is 1.50. The number of carbonyl (C=O) groups is 2. The molecule has 0 saturated carbocycles. The molecule has 3 aromatic rings. The third kappa shape index (κ3) is 6.31. The van der Waals surface area contributed by atoms with Crippen LogP contribution in [-0.2, 0) is 11.2 Å². The zero-order chi connectivity index (χ0) is 25.6. The lowest BCUT2D eigenvalue weighted by atomic mass is 10.0. The van der Waals surface area contributed by atoms with Gasteiger partial charge >= 0.3 is 5.97 Å². The first kappa shape index (κ1) is 25.6. The summed E-state index contributed by atoms with van der Waals surface area (Å²) in [6.07, 6.45) is 0.620. The van der Waals surface area contributed by atoms with Crippen molar-refractivity contribution >= 4 is 23.5 Å². The number of nitrogens with zero attached hydrogens (tertiary/aromatic N) is 1. The van der Waals surface area contributed by atoms with Crippen molar-refractivity contribution in [3.05, 3.63) is 82.4 Å². The summed E-state index contributed by atoms with van der Waals surface area (Å²) in [6.45, 7) is 3.28. The number of benzene rings is 3. The maximum atomic E-state index is 12.5. The van der Waals surface area contributed by atoms with Crippen LogP contribution in [0.25, 0.3) is 11.1 Å². The van der Waals surface area contributed by atoms with Gasteiger partial charge in [0.05, 0.1) is 18.2 Å². The molecule has 0 aromatic heterocycles. The Labute approximate surface area is 208 Å². The molecule has 3 aromatic carbocycles. The molecule has 0 saturated heterocycles. The number of hydrogen-bond acceptors (Lipinski definition) is 5. The fourth-order valence-electron chi connectivity index (χ4n) is 3.34. The zero-order valence-electron chi connectivity index (χ0n) is 19.6. The monoisotopic (exact) mass is 492 g/mol. The van der Waals surface area contributed by atoms with Crippen molar-refractivity contribution in [2.24, 2.45) is 0 Å². The van der Waals surface area contributed by atoms with Gasteiger partial charge in [0.15, 0.2) is 5.60 Å². The van der Waals surface area contributed by atoms with Crippen LogP contribution < -0.4 is 14.8 Å². The van der Waals surface area contributed by atoms with E-state index >= 15 is 0 Å². The average molecular weight is 493 g/mol. The number of carbonyl (C=O) groups excluding carboxylic acids is 1. The fraction of sp³-hybridized carbons (Fsp3) is 0.222. The molecule has 1 amide bonds. The highest BCUT2D eigenvalue weighted by Gasteiger charge is 2.30. The van der Waals surface area contributed by atoms with Gasteiger partial charge in [-0.25, -0.2) is 4.79 Å². The molecule has 0 aliphatic carbocycles. The van der Waals surface area contributed by atoms with E-state index in [0.717, 1.165) is 16.7 Å². The summed E-state index contributed by atoms with van der Waals surface area (Å²) in [5.74, 6) is -0.717. The summed E-state index contributed by atoms with van der Waals surface area (Å²) in [4.78, 5) is 23.8. The van der Waals surface area contributed by atoms with E-state index in [0.29, 0.717) is 29.3 Å². The van der Waals surface area contributed by atoms with Gasteiger partial charge in [0, 0.05) is 11.6 Å². The normalized spacial score (nSPS) is 10.8. The van der Waals surface area contributed by atoms with Crippen molar-refractivity contribution in [3.63, 3.8) is 0 Å². The summed E-state index contributed by atoms with van der Waals surface area (Å²) in [5.41, 5.74) is 1.89. The number of methoxy groups -OCH3 is 1. The number of aliphatic carboxylic acids is 1. The van der Waals surface area contributed by atoms with E-state index in [1.165, 1.54) is 21.0 Å². The van der Waals surface area contributed by atoms with Crippen molar-refractivity contribution in [1.29, 1.82) is 5.26 Å². The molecule has 35 heavy (non-hydrogen) atoms. The first-order valence-electron chi connectivity index (χ1n) is 10.8. The van der Waals surface area contributed by atoms with E-state index in [9.17, 15) is 20.0 Å². The quantitative estimate of drug-likeness (QED) is 0.430. The Morgan fingerprint density at radius 2 is 1.69 bits per heavy atom. The number of rotatable bonds is 9. The number of amides is 1. The molecule has 0 atom stereocenters. The highest BCUT2D eigenvalue weighted by molar-refractivity contribution is 6.31. The first-order valence-corrected chi connectivity index (χ1v) is 11.2. The van der Waals surface area contributed by atoms with Gasteiger partial charge in [0.1, 0.15) is 17.6 Å². The Balaban J connectivity index is 1.65. The SMILES string of the molecule is COc1ccc(Cl)cc1C(=O)NCCc1ccc(-c2ccc(OC(C)(C)C(=O)O)c(C#N)c2)cc1. The first-order chi connectivity index (χ1) is 16.6. The molecule has 3 rings (SSSR count). The van der Waals surface area contributed by atoms with Gasteiger partial charge in [-0.3, -0.25) is 4.79 Å². The van der Waals surface area contributed by atoms with E-state index in [1.54, 1.807) is 36.4 Å². The Hall–Kier alpha value is -4.02. The van der Waals surface area contributed by atoms with Crippen LogP contribution in [0.1, 0.15) is 35.3 Å². The number of hydrogen-bond donors (Lipinski definition) is 2. The zero-order valence-corrected chi connectivity index (χ0v) is 20.3. The van der Waals surface area contributed by atoms with Crippen LogP contribution in [0.4, 0.5) is 0 Å². The molecule has 7 nitrogen and oxygen atoms in total. The minimum Gasteiger partial charge on any atom is -0.496 e. The fourth-order valence-corrected chi connectivity index (χ4v) is 3.51. The maximum absolute atomic E-state index is 12.5. The van der Waals surface area contributed by atoms with Gasteiger partial charge in [-0.15, -0.1) is 0 Å². The highest BCUT2D eigenvalue weighted by atomic mass is 35.5. The van der Waals surface area contributed by atoms with Gasteiger partial charge in [0.25, 0.3) is 5.91 Å². The lowest BCUT2D eigenvalue weighted by Gasteiger charge is -2.22. The summed E-state index contributed by atoms with van der Waals surface area (Å²) in [6, 6.07) is 19.8. The Morgan fingerprint density at radius 1 is 1.03 bits per heavy atom. The standard InChI is InChI=1S/C27H25ClN2O5/c1-27(2,26(32)33)35-23-10-8-19(14-20(23)16-29)18-6-4-17(5-7-18)12-13-30-25(31)22-15-21(28)9-11-24(22)34-3/h4-11,14-15H,12-13H2,1-3H3,(H,30,31)(H,32,33). The molecule has 0 fully saturated rings. The Morgan fingerprint density at radius 3 is 2.31 bits per heavy atom. The topological polar surface area (TPSA) is 109 Å². The van der Waals surface area contributed by atoms with Crippen LogP contribution in [0.15, 0.2) is 60.7 Å². The molecular formula is C27H25ClN2O5. The molecular weight excluding hydrogens is 468 g/mol. The highest BCUT2D eigenvalue weighted by Crippen LogP contribution is 2.29. The second-order valence-electron chi connectivity index (χ2n) is 8.29. The minimum atomic E-state index is -1.46. The van der Waals surface area contributed by atoms with Crippen LogP contribution in [0.3, 0.4) is 0 Å². The lowest BCUT2D eigenvalue weighted by Crippen LogP contribution is -2.38. The van der Waals surface area contributed by atoms with Gasteiger partial charge in [0.2, 0.25) is 0 Å². The molecule has 0 spiro atoms. The number of nitrogens with one attached hydrogen (secondary N) is 1. The van der Waals surface area contributed by atoms with Crippen LogP contribution in [0, 0.1) is 11.3 Å². The van der Waals surface area contributed by atoms with Crippen LogP contribution >= 0.6 is 11.6 Å². The summed E-state index contributed by atoms with van der Waals surface area (Å²) < 4.78 is 10.8.